The monoisotopic (exact) mass is 293 g/mol. The van der Waals surface area contributed by atoms with Gasteiger partial charge in [0.1, 0.15) is 18.7 Å². The minimum Gasteiger partial charge on any atom is -0.349 e. The molecule has 2 aromatic rings. The zero-order valence-corrected chi connectivity index (χ0v) is 12.8. The summed E-state index contributed by atoms with van der Waals surface area (Å²) in [6.45, 7) is 6.44. The summed E-state index contributed by atoms with van der Waals surface area (Å²) in [7, 11) is 0. The van der Waals surface area contributed by atoms with Crippen molar-refractivity contribution in [2.75, 3.05) is 0 Å². The summed E-state index contributed by atoms with van der Waals surface area (Å²) < 4.78 is 1.54. The van der Waals surface area contributed by atoms with E-state index in [0.717, 1.165) is 28.4 Å². The average molecular weight is 293 g/mol. The van der Waals surface area contributed by atoms with E-state index in [1.165, 1.54) is 11.0 Å². The van der Waals surface area contributed by atoms with Crippen molar-refractivity contribution in [3.05, 3.63) is 28.2 Å². The Morgan fingerprint density at radius 3 is 3.00 bits per heavy atom. The fraction of sp³-hybridized carbons (Fsp3) is 0.538. The van der Waals surface area contributed by atoms with Gasteiger partial charge in [-0.15, -0.1) is 11.3 Å². The molecule has 1 amide bonds. The quantitative estimate of drug-likeness (QED) is 0.882. The number of nitrogens with one attached hydrogen (secondary N) is 1. The van der Waals surface area contributed by atoms with E-state index in [2.05, 4.69) is 27.3 Å². The van der Waals surface area contributed by atoms with E-state index in [1.807, 2.05) is 6.92 Å². The molecule has 1 atom stereocenters. The van der Waals surface area contributed by atoms with E-state index in [-0.39, 0.29) is 11.9 Å². The molecule has 6 nitrogen and oxygen atoms in total. The molecule has 2 heterocycles. The molecule has 0 spiro atoms. The summed E-state index contributed by atoms with van der Waals surface area (Å²) >= 11 is 1.67. The molecule has 0 fully saturated rings. The van der Waals surface area contributed by atoms with Crippen molar-refractivity contribution in [3.63, 3.8) is 0 Å². The lowest BCUT2D eigenvalue weighted by Crippen LogP contribution is -2.30. The van der Waals surface area contributed by atoms with Crippen LogP contribution in [0.1, 0.15) is 41.9 Å². The van der Waals surface area contributed by atoms with Gasteiger partial charge in [-0.25, -0.2) is 14.6 Å². The topological polar surface area (TPSA) is 72.7 Å². The number of hydrogen-bond donors (Lipinski definition) is 1. The number of carbonyl (C=O) groups is 1. The molecule has 7 heteroatoms. The first-order valence-corrected chi connectivity index (χ1v) is 7.50. The predicted octanol–water partition coefficient (Wildman–Crippen LogP) is 1.87. The van der Waals surface area contributed by atoms with Gasteiger partial charge in [0.25, 0.3) is 0 Å². The average Bonchev–Trinajstić information content (AvgIpc) is 3.06. The number of hydrogen-bond acceptors (Lipinski definition) is 5. The molecule has 1 N–H and O–H groups in total. The van der Waals surface area contributed by atoms with Crippen molar-refractivity contribution in [1.29, 1.82) is 0 Å². The van der Waals surface area contributed by atoms with Gasteiger partial charge in [-0.05, 0) is 26.7 Å². The maximum Gasteiger partial charge on any atom is 0.244 e. The van der Waals surface area contributed by atoms with Gasteiger partial charge in [-0.1, -0.05) is 6.92 Å². The fourth-order valence-electron chi connectivity index (χ4n) is 1.83. The third kappa shape index (κ3) is 3.41. The molecule has 2 aromatic heterocycles. The molecule has 108 valence electrons. The van der Waals surface area contributed by atoms with Gasteiger partial charge in [0.05, 0.1) is 17.2 Å². The second-order valence-corrected chi connectivity index (χ2v) is 5.80. The van der Waals surface area contributed by atoms with Gasteiger partial charge in [0.15, 0.2) is 0 Å². The number of carbonyl (C=O) groups excluding carboxylic acids is 1. The standard InChI is InChI=1S/C13H19N5OS/c1-4-5-12-17-9(2)11(20-12)6-15-13(19)10(3)18-8-14-7-16-18/h7-8,10H,4-6H2,1-3H3,(H,15,19)/t10-/m0/s1. The largest absolute Gasteiger partial charge is 0.349 e. The molecule has 0 aromatic carbocycles. The Morgan fingerprint density at radius 2 is 2.35 bits per heavy atom. The molecule has 0 unspecified atom stereocenters. The number of rotatable bonds is 6. The Morgan fingerprint density at radius 1 is 1.55 bits per heavy atom. The van der Waals surface area contributed by atoms with Crippen molar-refractivity contribution in [1.82, 2.24) is 25.1 Å². The summed E-state index contributed by atoms with van der Waals surface area (Å²) in [5.74, 6) is -0.0691. The molecule has 0 bridgehead atoms. The van der Waals surface area contributed by atoms with Gasteiger partial charge >= 0.3 is 0 Å². The molecular formula is C13H19N5OS. The summed E-state index contributed by atoms with van der Waals surface area (Å²) in [6, 6.07) is -0.360. The SMILES string of the molecule is CCCc1nc(C)c(CNC(=O)[C@H](C)n2cncn2)s1. The van der Waals surface area contributed by atoms with Gasteiger partial charge in [0.2, 0.25) is 5.91 Å². The number of thiazole rings is 1. The molecular weight excluding hydrogens is 274 g/mol. The van der Waals surface area contributed by atoms with Crippen molar-refractivity contribution in [2.24, 2.45) is 0 Å². The zero-order chi connectivity index (χ0) is 14.5. The molecule has 2 rings (SSSR count). The van der Waals surface area contributed by atoms with Crippen molar-refractivity contribution in [2.45, 2.75) is 46.2 Å². The molecule has 0 aliphatic heterocycles. The van der Waals surface area contributed by atoms with E-state index >= 15 is 0 Å². The third-order valence-corrected chi connectivity index (χ3v) is 4.25. The number of aryl methyl sites for hydroxylation is 2. The van der Waals surface area contributed by atoms with Crippen LogP contribution in [0.15, 0.2) is 12.7 Å². The lowest BCUT2D eigenvalue weighted by atomic mass is 10.3. The highest BCUT2D eigenvalue weighted by Crippen LogP contribution is 2.19. The zero-order valence-electron chi connectivity index (χ0n) is 12.0. The lowest BCUT2D eigenvalue weighted by molar-refractivity contribution is -0.124. The van der Waals surface area contributed by atoms with Crippen LogP contribution >= 0.6 is 11.3 Å². The Labute approximate surface area is 122 Å². The maximum atomic E-state index is 12.0. The second kappa shape index (κ2) is 6.60. The fourth-order valence-corrected chi connectivity index (χ4v) is 2.94. The molecule has 0 aliphatic rings. The molecule has 20 heavy (non-hydrogen) atoms. The smallest absolute Gasteiger partial charge is 0.244 e. The molecule has 0 saturated carbocycles. The van der Waals surface area contributed by atoms with Gasteiger partial charge in [-0.3, -0.25) is 4.79 Å². The summed E-state index contributed by atoms with van der Waals surface area (Å²) in [4.78, 5) is 21.5. The van der Waals surface area contributed by atoms with E-state index < -0.39 is 0 Å². The maximum absolute atomic E-state index is 12.0. The number of aromatic nitrogens is 4. The summed E-state index contributed by atoms with van der Waals surface area (Å²) in [5.41, 5.74) is 1.01. The molecule has 0 aliphatic carbocycles. The Kier molecular flexibility index (Phi) is 4.84. The van der Waals surface area contributed by atoms with Crippen LogP contribution in [0.3, 0.4) is 0 Å². The predicted molar refractivity (Wildman–Crippen MR) is 77.4 cm³/mol. The van der Waals surface area contributed by atoms with Crippen LogP contribution in [-0.2, 0) is 17.8 Å². The van der Waals surface area contributed by atoms with Crippen LogP contribution in [0.5, 0.6) is 0 Å². The number of amides is 1. The Bertz CT molecular complexity index is 563. The van der Waals surface area contributed by atoms with E-state index in [0.29, 0.717) is 6.54 Å². The summed E-state index contributed by atoms with van der Waals surface area (Å²) in [6.07, 6.45) is 5.05. The van der Waals surface area contributed by atoms with Gasteiger partial charge in [-0.2, -0.15) is 5.10 Å². The van der Waals surface area contributed by atoms with Crippen LogP contribution in [-0.4, -0.2) is 25.7 Å². The number of nitrogens with zero attached hydrogens (tertiary/aromatic N) is 4. The molecule has 0 saturated heterocycles. The van der Waals surface area contributed by atoms with Crippen LogP contribution in [0, 0.1) is 6.92 Å². The van der Waals surface area contributed by atoms with E-state index in [4.69, 9.17) is 0 Å². The first-order valence-electron chi connectivity index (χ1n) is 6.68. The van der Waals surface area contributed by atoms with E-state index in [1.54, 1.807) is 24.6 Å². The highest BCUT2D eigenvalue weighted by atomic mass is 32.1. The first-order chi connectivity index (χ1) is 9.61. The van der Waals surface area contributed by atoms with Crippen LogP contribution in [0.2, 0.25) is 0 Å². The normalized spacial score (nSPS) is 12.3. The van der Waals surface area contributed by atoms with Crippen LogP contribution in [0.4, 0.5) is 0 Å². The van der Waals surface area contributed by atoms with E-state index in [9.17, 15) is 4.79 Å². The van der Waals surface area contributed by atoms with Crippen molar-refractivity contribution in [3.8, 4) is 0 Å². The lowest BCUT2D eigenvalue weighted by Gasteiger charge is -2.11. The van der Waals surface area contributed by atoms with Gasteiger partial charge in [0, 0.05) is 4.88 Å². The van der Waals surface area contributed by atoms with Crippen molar-refractivity contribution < 1.29 is 4.79 Å². The second-order valence-electron chi connectivity index (χ2n) is 4.64. The third-order valence-electron chi connectivity index (χ3n) is 3.04. The highest BCUT2D eigenvalue weighted by Gasteiger charge is 2.16. The Hall–Kier alpha value is -1.76. The van der Waals surface area contributed by atoms with Crippen molar-refractivity contribution >= 4 is 17.2 Å². The minimum absolute atomic E-state index is 0.0691. The van der Waals surface area contributed by atoms with Gasteiger partial charge < -0.3 is 5.32 Å². The van der Waals surface area contributed by atoms with Crippen LogP contribution in [0.25, 0.3) is 0 Å². The first kappa shape index (κ1) is 14.6. The molecule has 0 radical (unpaired) electrons. The minimum atomic E-state index is -0.360. The van der Waals surface area contributed by atoms with Crippen LogP contribution < -0.4 is 5.32 Å². The Balaban J connectivity index is 1.93. The summed E-state index contributed by atoms with van der Waals surface area (Å²) in [5, 5.41) is 8.04. The highest BCUT2D eigenvalue weighted by molar-refractivity contribution is 7.11.